The molecule has 0 bridgehead atoms. The number of benzene rings is 2. The predicted octanol–water partition coefficient (Wildman–Crippen LogP) is 9.30. The van der Waals surface area contributed by atoms with Crippen LogP contribution >= 0.6 is 0 Å². The van der Waals surface area contributed by atoms with Gasteiger partial charge in [-0.3, -0.25) is 4.79 Å². The maximum atomic E-state index is 13.9. The number of hydrogen-bond acceptors (Lipinski definition) is 1. The molecule has 2 aliphatic rings. The molecular weight excluding hydrogens is 412 g/mol. The van der Waals surface area contributed by atoms with Gasteiger partial charge in [-0.05, 0) is 99.3 Å². The van der Waals surface area contributed by atoms with Crippen molar-refractivity contribution in [3.63, 3.8) is 0 Å². The van der Waals surface area contributed by atoms with Crippen molar-refractivity contribution in [1.82, 2.24) is 0 Å². The Labute approximate surface area is 208 Å². The number of carbonyl (C=O) groups is 1. The zero-order valence-corrected chi connectivity index (χ0v) is 22.2. The van der Waals surface area contributed by atoms with Crippen molar-refractivity contribution in [3.8, 4) is 0 Å². The molecule has 1 nitrogen and oxygen atoms in total. The third-order valence-electron chi connectivity index (χ3n) is 9.00. The Kier molecular flexibility index (Phi) is 8.67. The van der Waals surface area contributed by atoms with Crippen LogP contribution in [0.15, 0.2) is 36.4 Å². The van der Waals surface area contributed by atoms with Gasteiger partial charge < -0.3 is 0 Å². The fourth-order valence-corrected chi connectivity index (χ4v) is 7.03. The van der Waals surface area contributed by atoms with E-state index in [9.17, 15) is 4.79 Å². The van der Waals surface area contributed by atoms with Crippen LogP contribution in [0.1, 0.15) is 122 Å². The summed E-state index contributed by atoms with van der Waals surface area (Å²) in [5.41, 5.74) is 8.27. The number of rotatable bonds is 8. The lowest BCUT2D eigenvalue weighted by molar-refractivity contribution is -0.120. The first-order valence-corrected chi connectivity index (χ1v) is 14.1. The highest BCUT2D eigenvalue weighted by molar-refractivity contribution is 5.80. The van der Waals surface area contributed by atoms with Crippen LogP contribution in [0.25, 0.3) is 0 Å². The molecule has 2 saturated carbocycles. The zero-order valence-electron chi connectivity index (χ0n) is 22.2. The highest BCUT2D eigenvalue weighted by Crippen LogP contribution is 2.43. The molecule has 4 rings (SSSR count). The fourth-order valence-electron chi connectivity index (χ4n) is 7.03. The van der Waals surface area contributed by atoms with Gasteiger partial charge in [0, 0.05) is 12.8 Å². The summed E-state index contributed by atoms with van der Waals surface area (Å²) in [5.74, 6) is 2.59. The molecule has 0 saturated heterocycles. The van der Waals surface area contributed by atoms with Crippen molar-refractivity contribution in [2.24, 2.45) is 11.8 Å². The Hall–Kier alpha value is -1.89. The quantitative estimate of drug-likeness (QED) is 0.385. The zero-order chi connectivity index (χ0) is 24.1. The molecule has 2 atom stereocenters. The Morgan fingerprint density at radius 3 is 1.41 bits per heavy atom. The van der Waals surface area contributed by atoms with Crippen molar-refractivity contribution in [2.75, 3.05) is 0 Å². The van der Waals surface area contributed by atoms with Crippen LogP contribution in [-0.4, -0.2) is 5.78 Å². The summed E-state index contributed by atoms with van der Waals surface area (Å²) in [6.07, 6.45) is 14.6. The topological polar surface area (TPSA) is 17.1 Å². The molecule has 0 radical (unpaired) electrons. The summed E-state index contributed by atoms with van der Waals surface area (Å²) < 4.78 is 0. The normalized spacial score (nSPS) is 19.6. The molecule has 0 aromatic heterocycles. The van der Waals surface area contributed by atoms with Crippen LogP contribution in [0.4, 0.5) is 0 Å². The van der Waals surface area contributed by atoms with E-state index in [1.54, 1.807) is 0 Å². The van der Waals surface area contributed by atoms with Gasteiger partial charge in [0.2, 0.25) is 0 Å². The smallest absolute Gasteiger partial charge is 0.134 e. The second-order valence-corrected chi connectivity index (χ2v) is 11.7. The summed E-state index contributed by atoms with van der Waals surface area (Å²) in [6, 6.07) is 13.7. The van der Waals surface area contributed by atoms with Gasteiger partial charge in [-0.15, -0.1) is 0 Å². The van der Waals surface area contributed by atoms with E-state index in [1.807, 2.05) is 0 Å². The molecule has 0 N–H and O–H groups in total. The van der Waals surface area contributed by atoms with Crippen molar-refractivity contribution in [2.45, 2.75) is 117 Å². The average molecular weight is 459 g/mol. The van der Waals surface area contributed by atoms with Gasteiger partial charge in [0.1, 0.15) is 5.78 Å². The van der Waals surface area contributed by atoms with E-state index in [2.05, 4.69) is 64.1 Å². The SMILES string of the molecule is Cc1ccc(C)c([C@@H](CC(=O)C[C@@H](c2cc(C)ccc2C)C2CCCCC2)C2CCCCC2)c1. The van der Waals surface area contributed by atoms with E-state index in [0.29, 0.717) is 29.5 Å². The first-order chi connectivity index (χ1) is 16.4. The molecule has 2 aromatic rings. The molecule has 0 spiro atoms. The number of carbonyl (C=O) groups excluding carboxylic acids is 1. The number of aryl methyl sites for hydroxylation is 4. The van der Waals surface area contributed by atoms with Crippen LogP contribution in [0.2, 0.25) is 0 Å². The minimum Gasteiger partial charge on any atom is -0.300 e. The van der Waals surface area contributed by atoms with Gasteiger partial charge >= 0.3 is 0 Å². The second-order valence-electron chi connectivity index (χ2n) is 11.7. The van der Waals surface area contributed by atoms with E-state index in [4.69, 9.17) is 0 Å². The van der Waals surface area contributed by atoms with E-state index >= 15 is 0 Å². The van der Waals surface area contributed by atoms with Crippen molar-refractivity contribution >= 4 is 5.78 Å². The average Bonchev–Trinajstić information content (AvgIpc) is 2.85. The number of Topliss-reactive ketones (excluding diaryl/α,β-unsaturated/α-hetero) is 1. The first kappa shape index (κ1) is 25.2. The molecule has 0 heterocycles. The third-order valence-corrected chi connectivity index (χ3v) is 9.00. The summed E-state index contributed by atoms with van der Waals surface area (Å²) in [4.78, 5) is 13.9. The van der Waals surface area contributed by atoms with E-state index < -0.39 is 0 Å². The van der Waals surface area contributed by atoms with Crippen molar-refractivity contribution in [1.29, 1.82) is 0 Å². The van der Waals surface area contributed by atoms with E-state index in [-0.39, 0.29) is 0 Å². The van der Waals surface area contributed by atoms with Gasteiger partial charge in [-0.25, -0.2) is 0 Å². The molecule has 0 amide bonds. The summed E-state index contributed by atoms with van der Waals surface area (Å²) in [7, 11) is 0. The Morgan fingerprint density at radius 2 is 1.03 bits per heavy atom. The van der Waals surface area contributed by atoms with Gasteiger partial charge in [0.05, 0.1) is 0 Å². The maximum Gasteiger partial charge on any atom is 0.134 e. The molecular formula is C33H46O. The Morgan fingerprint density at radius 1 is 0.647 bits per heavy atom. The minimum atomic E-state index is 0.387. The number of hydrogen-bond donors (Lipinski definition) is 0. The summed E-state index contributed by atoms with van der Waals surface area (Å²) in [5, 5.41) is 0. The van der Waals surface area contributed by atoms with Gasteiger partial charge in [0.25, 0.3) is 0 Å². The lowest BCUT2D eigenvalue weighted by Crippen LogP contribution is -2.24. The molecule has 1 heteroatoms. The molecule has 2 aliphatic carbocycles. The lowest BCUT2D eigenvalue weighted by Gasteiger charge is -2.34. The highest BCUT2D eigenvalue weighted by Gasteiger charge is 2.32. The van der Waals surface area contributed by atoms with Gasteiger partial charge in [-0.2, -0.15) is 0 Å². The van der Waals surface area contributed by atoms with E-state index in [0.717, 1.165) is 12.8 Å². The van der Waals surface area contributed by atoms with Gasteiger partial charge in [0.15, 0.2) is 0 Å². The molecule has 0 unspecified atom stereocenters. The Balaban J connectivity index is 1.59. The summed E-state index contributed by atoms with van der Waals surface area (Å²) >= 11 is 0. The molecule has 2 aromatic carbocycles. The van der Waals surface area contributed by atoms with Crippen LogP contribution in [0, 0.1) is 39.5 Å². The fraction of sp³-hybridized carbons (Fsp3) is 0.606. The molecule has 184 valence electrons. The van der Waals surface area contributed by atoms with Crippen LogP contribution < -0.4 is 0 Å². The van der Waals surface area contributed by atoms with Crippen LogP contribution in [-0.2, 0) is 4.79 Å². The molecule has 0 aliphatic heterocycles. The highest BCUT2D eigenvalue weighted by atomic mass is 16.1. The monoisotopic (exact) mass is 458 g/mol. The van der Waals surface area contributed by atoms with Crippen LogP contribution in [0.5, 0.6) is 0 Å². The third kappa shape index (κ3) is 6.21. The van der Waals surface area contributed by atoms with Crippen LogP contribution in [0.3, 0.4) is 0 Å². The Bertz CT molecular complexity index is 881. The second kappa shape index (κ2) is 11.7. The van der Waals surface area contributed by atoms with Gasteiger partial charge in [-0.1, -0.05) is 86.1 Å². The largest absolute Gasteiger partial charge is 0.300 e. The predicted molar refractivity (Wildman–Crippen MR) is 145 cm³/mol. The minimum absolute atomic E-state index is 0.387. The first-order valence-electron chi connectivity index (χ1n) is 14.1. The van der Waals surface area contributed by atoms with Crippen molar-refractivity contribution < 1.29 is 4.79 Å². The standard InChI is InChI=1S/C33H46O/c1-23-15-17-25(3)30(19-23)32(27-11-7-5-8-12-27)21-29(34)22-33(28-13-9-6-10-14-28)31-20-24(2)16-18-26(31)4/h15-20,27-28,32-33H,5-14,21-22H2,1-4H3/t32-,33+. The summed E-state index contributed by atoms with van der Waals surface area (Å²) in [6.45, 7) is 8.89. The molecule has 2 fully saturated rings. The van der Waals surface area contributed by atoms with Crippen molar-refractivity contribution in [3.05, 3.63) is 69.8 Å². The molecule has 34 heavy (non-hydrogen) atoms. The number of ketones is 1. The van der Waals surface area contributed by atoms with E-state index in [1.165, 1.54) is 97.6 Å². The lowest BCUT2D eigenvalue weighted by atomic mass is 9.70. The maximum absolute atomic E-state index is 13.9.